The summed E-state index contributed by atoms with van der Waals surface area (Å²) in [6, 6.07) is 9.33. The molecule has 1 heterocycles. The van der Waals surface area contributed by atoms with E-state index in [1.165, 1.54) is 0 Å². The molecule has 0 unspecified atom stereocenters. The number of aryl methyl sites for hydroxylation is 2. The zero-order valence-corrected chi connectivity index (χ0v) is 12.0. The monoisotopic (exact) mass is 273 g/mol. The van der Waals surface area contributed by atoms with E-state index >= 15 is 0 Å². The predicted octanol–water partition coefficient (Wildman–Crippen LogP) is 1.77. The van der Waals surface area contributed by atoms with Crippen molar-refractivity contribution >= 4 is 5.91 Å². The van der Waals surface area contributed by atoms with Gasteiger partial charge >= 0.3 is 0 Å². The molecule has 2 rings (SSSR count). The van der Waals surface area contributed by atoms with Crippen molar-refractivity contribution in [2.75, 3.05) is 13.7 Å². The summed E-state index contributed by atoms with van der Waals surface area (Å²) in [5.74, 6) is 0.643. The zero-order chi connectivity index (χ0) is 14.5. The first-order valence-corrected chi connectivity index (χ1v) is 6.47. The third-order valence-corrected chi connectivity index (χ3v) is 3.05. The van der Waals surface area contributed by atoms with Crippen LogP contribution < -0.4 is 4.74 Å². The maximum atomic E-state index is 12.0. The largest absolute Gasteiger partial charge is 0.484 e. The van der Waals surface area contributed by atoms with Gasteiger partial charge in [0.05, 0.1) is 5.69 Å². The first-order chi connectivity index (χ1) is 9.56. The van der Waals surface area contributed by atoms with Gasteiger partial charge in [0.15, 0.2) is 6.61 Å². The minimum atomic E-state index is -0.0582. The number of likely N-dealkylation sites (N-methyl/N-ethyl adjacent to an activating group) is 1. The lowest BCUT2D eigenvalue weighted by Gasteiger charge is -2.17. The molecule has 106 valence electrons. The lowest BCUT2D eigenvalue weighted by atomic mass is 10.2. The quantitative estimate of drug-likeness (QED) is 0.834. The molecular weight excluding hydrogens is 254 g/mol. The van der Waals surface area contributed by atoms with Crippen LogP contribution in [0.5, 0.6) is 5.75 Å². The summed E-state index contributed by atoms with van der Waals surface area (Å²) >= 11 is 0. The average molecular weight is 273 g/mol. The Bertz CT molecular complexity index is 578. The van der Waals surface area contributed by atoms with Gasteiger partial charge in [-0.2, -0.15) is 5.10 Å². The van der Waals surface area contributed by atoms with E-state index in [1.54, 1.807) is 16.6 Å². The van der Waals surface area contributed by atoms with Crippen LogP contribution in [0.3, 0.4) is 0 Å². The maximum absolute atomic E-state index is 12.0. The number of benzene rings is 1. The summed E-state index contributed by atoms with van der Waals surface area (Å²) in [4.78, 5) is 13.7. The Hall–Kier alpha value is -2.30. The average Bonchev–Trinajstić information content (AvgIpc) is 2.75. The van der Waals surface area contributed by atoms with Crippen LogP contribution in [0.4, 0.5) is 0 Å². The van der Waals surface area contributed by atoms with Crippen LogP contribution >= 0.6 is 0 Å². The van der Waals surface area contributed by atoms with Gasteiger partial charge in [0.25, 0.3) is 5.91 Å². The molecule has 5 heteroatoms. The van der Waals surface area contributed by atoms with E-state index in [0.717, 1.165) is 11.3 Å². The summed E-state index contributed by atoms with van der Waals surface area (Å²) < 4.78 is 7.20. The SMILES string of the molecule is Cc1nn(C)cc1CN(C)C(=O)COc1ccccc1. The molecule has 0 aliphatic heterocycles. The fourth-order valence-electron chi connectivity index (χ4n) is 1.92. The minimum absolute atomic E-state index is 0.0415. The smallest absolute Gasteiger partial charge is 0.260 e. The molecule has 0 N–H and O–H groups in total. The number of rotatable bonds is 5. The van der Waals surface area contributed by atoms with Crippen LogP contribution in [0.15, 0.2) is 36.5 Å². The van der Waals surface area contributed by atoms with Crippen LogP contribution in [-0.4, -0.2) is 34.2 Å². The number of aromatic nitrogens is 2. The lowest BCUT2D eigenvalue weighted by molar-refractivity contribution is -0.132. The second kappa shape index (κ2) is 6.23. The first kappa shape index (κ1) is 14.1. The van der Waals surface area contributed by atoms with Crippen LogP contribution in [0.25, 0.3) is 0 Å². The van der Waals surface area contributed by atoms with Crippen LogP contribution in [0.1, 0.15) is 11.3 Å². The fourth-order valence-corrected chi connectivity index (χ4v) is 1.92. The van der Waals surface area contributed by atoms with Crippen LogP contribution in [0.2, 0.25) is 0 Å². The second-order valence-corrected chi connectivity index (χ2v) is 4.76. The highest BCUT2D eigenvalue weighted by atomic mass is 16.5. The number of hydrogen-bond donors (Lipinski definition) is 0. The molecule has 0 bridgehead atoms. The Balaban J connectivity index is 1.87. The third kappa shape index (κ3) is 3.60. The topological polar surface area (TPSA) is 47.4 Å². The van der Waals surface area contributed by atoms with E-state index in [0.29, 0.717) is 12.3 Å². The molecule has 0 radical (unpaired) electrons. The molecule has 0 saturated carbocycles. The molecule has 0 aliphatic carbocycles. The molecule has 0 atom stereocenters. The van der Waals surface area contributed by atoms with Crippen molar-refractivity contribution in [1.82, 2.24) is 14.7 Å². The van der Waals surface area contributed by atoms with E-state index in [-0.39, 0.29) is 12.5 Å². The maximum Gasteiger partial charge on any atom is 0.260 e. The Morgan fingerprint density at radius 2 is 2.05 bits per heavy atom. The van der Waals surface area contributed by atoms with Gasteiger partial charge in [0.2, 0.25) is 0 Å². The van der Waals surface area contributed by atoms with Crippen molar-refractivity contribution in [3.63, 3.8) is 0 Å². The third-order valence-electron chi connectivity index (χ3n) is 3.05. The second-order valence-electron chi connectivity index (χ2n) is 4.76. The minimum Gasteiger partial charge on any atom is -0.484 e. The van der Waals surface area contributed by atoms with E-state index in [9.17, 15) is 4.79 Å². The van der Waals surface area contributed by atoms with Gasteiger partial charge in [-0.15, -0.1) is 0 Å². The molecule has 2 aromatic rings. The molecular formula is C15H19N3O2. The molecule has 1 aromatic carbocycles. The van der Waals surface area contributed by atoms with Crippen molar-refractivity contribution in [2.24, 2.45) is 7.05 Å². The molecule has 20 heavy (non-hydrogen) atoms. The highest BCUT2D eigenvalue weighted by Crippen LogP contribution is 2.10. The highest BCUT2D eigenvalue weighted by Gasteiger charge is 2.12. The van der Waals surface area contributed by atoms with Gasteiger partial charge < -0.3 is 9.64 Å². The van der Waals surface area contributed by atoms with E-state index in [2.05, 4.69) is 5.10 Å². The number of ether oxygens (including phenoxy) is 1. The summed E-state index contributed by atoms with van der Waals surface area (Å²) in [6.45, 7) is 2.52. The van der Waals surface area contributed by atoms with E-state index in [1.807, 2.05) is 50.5 Å². The number of amides is 1. The summed E-state index contributed by atoms with van der Waals surface area (Å²) in [6.07, 6.45) is 1.93. The van der Waals surface area contributed by atoms with Gasteiger partial charge in [-0.3, -0.25) is 9.48 Å². The van der Waals surface area contributed by atoms with Crippen molar-refractivity contribution in [3.05, 3.63) is 47.8 Å². The van der Waals surface area contributed by atoms with Crippen molar-refractivity contribution in [2.45, 2.75) is 13.5 Å². The fraction of sp³-hybridized carbons (Fsp3) is 0.333. The highest BCUT2D eigenvalue weighted by molar-refractivity contribution is 5.77. The van der Waals surface area contributed by atoms with Crippen molar-refractivity contribution in [1.29, 1.82) is 0 Å². The Morgan fingerprint density at radius 1 is 1.35 bits per heavy atom. The van der Waals surface area contributed by atoms with E-state index in [4.69, 9.17) is 4.74 Å². The molecule has 1 amide bonds. The molecule has 0 saturated heterocycles. The zero-order valence-electron chi connectivity index (χ0n) is 12.0. The summed E-state index contributed by atoms with van der Waals surface area (Å²) in [7, 11) is 3.64. The number of carbonyl (C=O) groups excluding carboxylic acids is 1. The standard InChI is InChI=1S/C15H19N3O2/c1-12-13(10-18(3)16-12)9-17(2)15(19)11-20-14-7-5-4-6-8-14/h4-8,10H,9,11H2,1-3H3. The molecule has 0 spiro atoms. The van der Waals surface area contributed by atoms with Gasteiger partial charge in [-0.25, -0.2) is 0 Å². The Morgan fingerprint density at radius 3 is 2.65 bits per heavy atom. The van der Waals surface area contributed by atoms with Crippen LogP contribution in [-0.2, 0) is 18.4 Å². The van der Waals surface area contributed by atoms with Crippen LogP contribution in [0, 0.1) is 6.92 Å². The van der Waals surface area contributed by atoms with Crippen molar-refractivity contribution in [3.8, 4) is 5.75 Å². The van der Waals surface area contributed by atoms with Gasteiger partial charge in [0, 0.05) is 32.4 Å². The predicted molar refractivity (Wildman–Crippen MR) is 76.4 cm³/mol. The van der Waals surface area contributed by atoms with Gasteiger partial charge in [-0.1, -0.05) is 18.2 Å². The van der Waals surface area contributed by atoms with Crippen molar-refractivity contribution < 1.29 is 9.53 Å². The number of carbonyl (C=O) groups is 1. The Kier molecular flexibility index (Phi) is 4.40. The summed E-state index contributed by atoms with van der Waals surface area (Å²) in [5.41, 5.74) is 1.99. The lowest BCUT2D eigenvalue weighted by Crippen LogP contribution is -2.31. The van der Waals surface area contributed by atoms with Gasteiger partial charge in [0.1, 0.15) is 5.75 Å². The molecule has 5 nitrogen and oxygen atoms in total. The number of para-hydroxylation sites is 1. The van der Waals surface area contributed by atoms with E-state index < -0.39 is 0 Å². The van der Waals surface area contributed by atoms with Gasteiger partial charge in [-0.05, 0) is 19.1 Å². The number of hydrogen-bond acceptors (Lipinski definition) is 3. The molecule has 0 aliphatic rings. The first-order valence-electron chi connectivity index (χ1n) is 6.47. The molecule has 1 aromatic heterocycles. The Labute approximate surface area is 118 Å². The summed E-state index contributed by atoms with van der Waals surface area (Å²) in [5, 5.41) is 4.26. The normalized spacial score (nSPS) is 10.3. The number of nitrogens with zero attached hydrogens (tertiary/aromatic N) is 3. The molecule has 0 fully saturated rings.